The first-order valence-electron chi connectivity index (χ1n) is 6.80. The second-order valence-electron chi connectivity index (χ2n) is 5.42. The molecule has 7 heteroatoms. The molecule has 0 aromatic carbocycles. The number of nitrogens with one attached hydrogen (secondary N) is 1. The van der Waals surface area contributed by atoms with E-state index in [9.17, 15) is 22.8 Å². The maximum Gasteiger partial charge on any atom is 0.389 e. The molecule has 0 aliphatic carbocycles. The number of carbonyl (C=O) groups is 2. The van der Waals surface area contributed by atoms with Gasteiger partial charge in [0.05, 0.1) is 0 Å². The molecule has 1 fully saturated rings. The number of hydrogen-bond acceptors (Lipinski definition) is 2. The summed E-state index contributed by atoms with van der Waals surface area (Å²) < 4.78 is 36.2. The number of carbonyl (C=O) groups excluding carboxylic acids is 2. The summed E-state index contributed by atoms with van der Waals surface area (Å²) in [5, 5.41) is 2.68. The van der Waals surface area contributed by atoms with Gasteiger partial charge in [0.25, 0.3) is 0 Å². The Bertz CT molecular complexity index is 384. The van der Waals surface area contributed by atoms with Crippen molar-refractivity contribution < 1.29 is 22.8 Å². The van der Waals surface area contributed by atoms with E-state index < -0.39 is 24.2 Å². The smallest absolute Gasteiger partial charge is 0.340 e. The lowest BCUT2D eigenvalue weighted by molar-refractivity contribution is -0.154. The van der Waals surface area contributed by atoms with Crippen LogP contribution in [0.2, 0.25) is 0 Å². The van der Waals surface area contributed by atoms with Crippen molar-refractivity contribution in [2.45, 2.75) is 64.2 Å². The predicted octanol–water partition coefficient (Wildman–Crippen LogP) is 2.23. The molecule has 1 N–H and O–H groups in total. The Balaban J connectivity index is 2.62. The molecule has 0 saturated carbocycles. The van der Waals surface area contributed by atoms with Crippen molar-refractivity contribution in [2.75, 3.05) is 6.54 Å². The molecule has 0 aromatic rings. The summed E-state index contributed by atoms with van der Waals surface area (Å²) in [7, 11) is 0. The van der Waals surface area contributed by atoms with Gasteiger partial charge in [-0.3, -0.25) is 9.59 Å². The molecule has 2 amide bonds. The van der Waals surface area contributed by atoms with E-state index in [4.69, 9.17) is 0 Å². The zero-order chi connectivity index (χ0) is 15.6. The van der Waals surface area contributed by atoms with Gasteiger partial charge in [-0.1, -0.05) is 6.92 Å². The molecular weight excluding hydrogens is 273 g/mol. The number of halogens is 3. The van der Waals surface area contributed by atoms with Crippen LogP contribution in [-0.2, 0) is 9.59 Å². The zero-order valence-electron chi connectivity index (χ0n) is 12.0. The first-order valence-corrected chi connectivity index (χ1v) is 6.80. The first kappa shape index (κ1) is 16.8. The van der Waals surface area contributed by atoms with Crippen LogP contribution in [0.1, 0.15) is 46.5 Å². The van der Waals surface area contributed by atoms with Gasteiger partial charge >= 0.3 is 6.18 Å². The number of alkyl halides is 3. The molecule has 1 aliphatic rings. The molecule has 1 heterocycles. The highest BCUT2D eigenvalue weighted by Crippen LogP contribution is 2.24. The van der Waals surface area contributed by atoms with Crippen molar-refractivity contribution >= 4 is 11.8 Å². The highest BCUT2D eigenvalue weighted by molar-refractivity contribution is 5.99. The normalized spacial score (nSPS) is 27.7. The van der Waals surface area contributed by atoms with E-state index in [0.29, 0.717) is 6.42 Å². The second-order valence-corrected chi connectivity index (χ2v) is 5.42. The lowest BCUT2D eigenvalue weighted by Gasteiger charge is -2.43. The molecule has 116 valence electrons. The quantitative estimate of drug-likeness (QED) is 0.791. The molecule has 4 nitrogen and oxygen atoms in total. The van der Waals surface area contributed by atoms with Crippen LogP contribution in [0.25, 0.3) is 0 Å². The topological polar surface area (TPSA) is 49.4 Å². The summed E-state index contributed by atoms with van der Waals surface area (Å²) in [6, 6.07) is -0.631. The summed E-state index contributed by atoms with van der Waals surface area (Å²) in [6.45, 7) is 5.20. The fraction of sp³-hybridized carbons (Fsp3) is 0.846. The average Bonchev–Trinajstić information content (AvgIpc) is 2.34. The monoisotopic (exact) mass is 294 g/mol. The van der Waals surface area contributed by atoms with Crippen molar-refractivity contribution in [1.29, 1.82) is 0 Å². The highest BCUT2D eigenvalue weighted by atomic mass is 19.4. The van der Waals surface area contributed by atoms with E-state index in [0.717, 1.165) is 0 Å². The van der Waals surface area contributed by atoms with Crippen LogP contribution in [0.15, 0.2) is 0 Å². The largest absolute Gasteiger partial charge is 0.389 e. The van der Waals surface area contributed by atoms with Gasteiger partial charge < -0.3 is 10.2 Å². The maximum atomic E-state index is 12.3. The zero-order valence-corrected chi connectivity index (χ0v) is 12.0. The Morgan fingerprint density at radius 3 is 2.40 bits per heavy atom. The summed E-state index contributed by atoms with van der Waals surface area (Å²) in [4.78, 5) is 25.5. The molecule has 0 spiro atoms. The van der Waals surface area contributed by atoms with Crippen LogP contribution in [0.4, 0.5) is 13.2 Å². The minimum absolute atomic E-state index is 0.0372. The molecule has 0 aromatic heterocycles. The third-order valence-corrected chi connectivity index (χ3v) is 3.80. The molecule has 1 rings (SSSR count). The van der Waals surface area contributed by atoms with Gasteiger partial charge in [-0.2, -0.15) is 13.2 Å². The third-order valence-electron chi connectivity index (χ3n) is 3.80. The van der Waals surface area contributed by atoms with E-state index in [1.165, 1.54) is 4.90 Å². The molecule has 20 heavy (non-hydrogen) atoms. The van der Waals surface area contributed by atoms with Crippen molar-refractivity contribution in [3.8, 4) is 0 Å². The van der Waals surface area contributed by atoms with E-state index in [1.807, 2.05) is 0 Å². The van der Waals surface area contributed by atoms with E-state index in [-0.39, 0.29) is 31.2 Å². The van der Waals surface area contributed by atoms with Gasteiger partial charge in [0.2, 0.25) is 11.8 Å². The minimum Gasteiger partial charge on any atom is -0.340 e. The van der Waals surface area contributed by atoms with Crippen LogP contribution < -0.4 is 5.32 Å². The average molecular weight is 294 g/mol. The highest BCUT2D eigenvalue weighted by Gasteiger charge is 2.44. The van der Waals surface area contributed by atoms with Crippen LogP contribution in [0.3, 0.4) is 0 Å². The van der Waals surface area contributed by atoms with Crippen molar-refractivity contribution in [3.05, 3.63) is 0 Å². The first-order chi connectivity index (χ1) is 9.10. The van der Waals surface area contributed by atoms with Crippen molar-refractivity contribution in [3.63, 3.8) is 0 Å². The molecule has 0 bridgehead atoms. The lowest BCUT2D eigenvalue weighted by Crippen LogP contribution is -2.68. The van der Waals surface area contributed by atoms with Gasteiger partial charge in [0.15, 0.2) is 0 Å². The molecule has 0 radical (unpaired) electrons. The standard InChI is InChI=1S/C13H21F3N2O2/c1-4-12(3)11(20)18(9(2)10(19)17-12)8-6-5-7-13(14,15)16/h9H,4-8H2,1-3H3,(H,17,19). The Kier molecular flexibility index (Phi) is 5.05. The van der Waals surface area contributed by atoms with Crippen LogP contribution in [0, 0.1) is 0 Å². The van der Waals surface area contributed by atoms with Gasteiger partial charge in [0, 0.05) is 13.0 Å². The maximum absolute atomic E-state index is 12.3. The fourth-order valence-electron chi connectivity index (χ4n) is 2.21. The van der Waals surface area contributed by atoms with Crippen LogP contribution in [0.5, 0.6) is 0 Å². The van der Waals surface area contributed by atoms with E-state index in [2.05, 4.69) is 5.32 Å². The minimum atomic E-state index is -4.17. The predicted molar refractivity (Wildman–Crippen MR) is 67.9 cm³/mol. The number of hydrogen-bond donors (Lipinski definition) is 1. The second kappa shape index (κ2) is 6.01. The van der Waals surface area contributed by atoms with Gasteiger partial charge in [0.1, 0.15) is 11.6 Å². The summed E-state index contributed by atoms with van der Waals surface area (Å²) in [6.07, 6.45) is -4.38. The Morgan fingerprint density at radius 1 is 1.30 bits per heavy atom. The number of piperazine rings is 1. The van der Waals surface area contributed by atoms with Crippen LogP contribution >= 0.6 is 0 Å². The van der Waals surface area contributed by atoms with Crippen LogP contribution in [-0.4, -0.2) is 41.0 Å². The van der Waals surface area contributed by atoms with Gasteiger partial charge in [-0.25, -0.2) is 0 Å². The lowest BCUT2D eigenvalue weighted by atomic mass is 9.92. The Labute approximate surface area is 116 Å². The van der Waals surface area contributed by atoms with E-state index >= 15 is 0 Å². The number of nitrogens with zero attached hydrogens (tertiary/aromatic N) is 1. The van der Waals surface area contributed by atoms with Gasteiger partial charge in [-0.05, 0) is 33.1 Å². The van der Waals surface area contributed by atoms with Crippen molar-refractivity contribution in [1.82, 2.24) is 10.2 Å². The van der Waals surface area contributed by atoms with Crippen molar-refractivity contribution in [2.24, 2.45) is 0 Å². The molecule has 1 aliphatic heterocycles. The summed E-state index contributed by atoms with van der Waals surface area (Å²) >= 11 is 0. The molecule has 2 atom stereocenters. The number of amides is 2. The fourth-order valence-corrected chi connectivity index (χ4v) is 2.21. The number of unbranched alkanes of at least 4 members (excludes halogenated alkanes) is 1. The van der Waals surface area contributed by atoms with E-state index in [1.54, 1.807) is 20.8 Å². The molecule has 1 saturated heterocycles. The summed E-state index contributed by atoms with van der Waals surface area (Å²) in [5.41, 5.74) is -0.951. The summed E-state index contributed by atoms with van der Waals surface area (Å²) in [5.74, 6) is -0.483. The molecular formula is C13H21F3N2O2. The Hall–Kier alpha value is -1.27. The Morgan fingerprint density at radius 2 is 1.90 bits per heavy atom. The van der Waals surface area contributed by atoms with Gasteiger partial charge in [-0.15, -0.1) is 0 Å². The SMILES string of the molecule is CCC1(C)NC(=O)C(C)N(CCCCC(F)(F)F)C1=O. The number of rotatable bonds is 5. The third kappa shape index (κ3) is 3.86. The molecule has 2 unspecified atom stereocenters.